The van der Waals surface area contributed by atoms with Crippen molar-refractivity contribution in [2.45, 2.75) is 92.1 Å². The fourth-order valence-corrected chi connectivity index (χ4v) is 16.2. The van der Waals surface area contributed by atoms with Crippen LogP contribution in [-0.4, -0.2) is 44.8 Å². The first-order chi connectivity index (χ1) is 11.2. The minimum atomic E-state index is -2.31. The van der Waals surface area contributed by atoms with E-state index in [4.69, 9.17) is 9.47 Å². The van der Waals surface area contributed by atoms with Gasteiger partial charge in [0.1, 0.15) is 0 Å². The van der Waals surface area contributed by atoms with Gasteiger partial charge in [-0.05, 0) is 0 Å². The third-order valence-corrected chi connectivity index (χ3v) is 17.7. The summed E-state index contributed by atoms with van der Waals surface area (Å²) in [5.74, 6) is 3.56. The van der Waals surface area contributed by atoms with Gasteiger partial charge in [-0.1, -0.05) is 0 Å². The molecular formula is C20H40O2Sn. The van der Waals surface area contributed by atoms with Gasteiger partial charge < -0.3 is 0 Å². The van der Waals surface area contributed by atoms with Crippen molar-refractivity contribution in [1.82, 2.24) is 0 Å². The van der Waals surface area contributed by atoms with Crippen LogP contribution in [0.1, 0.15) is 72.6 Å². The molecule has 0 aliphatic carbocycles. The Morgan fingerprint density at radius 1 is 0.826 bits per heavy atom. The molecule has 0 amide bonds. The van der Waals surface area contributed by atoms with Crippen molar-refractivity contribution in [2.75, 3.05) is 20.3 Å². The molecule has 0 aliphatic rings. The Kier molecular flexibility index (Phi) is 16.0. The molecule has 0 aliphatic heterocycles. The van der Waals surface area contributed by atoms with Crippen molar-refractivity contribution < 1.29 is 9.47 Å². The van der Waals surface area contributed by atoms with Crippen LogP contribution in [0.15, 0.2) is 0 Å². The van der Waals surface area contributed by atoms with Crippen LogP contribution in [0, 0.1) is 9.86 Å². The van der Waals surface area contributed by atoms with Crippen LogP contribution < -0.4 is 0 Å². The van der Waals surface area contributed by atoms with Crippen molar-refractivity contribution in [3.05, 3.63) is 0 Å². The molecule has 0 spiro atoms. The second-order valence-corrected chi connectivity index (χ2v) is 18.9. The predicted octanol–water partition coefficient (Wildman–Crippen LogP) is 5.82. The summed E-state index contributed by atoms with van der Waals surface area (Å²) >= 11 is -2.31. The fraction of sp³-hybridized carbons (Fsp3) is 0.900. The third kappa shape index (κ3) is 11.5. The van der Waals surface area contributed by atoms with Crippen LogP contribution in [0.25, 0.3) is 0 Å². The molecule has 1 atom stereocenters. The summed E-state index contributed by atoms with van der Waals surface area (Å²) < 4.78 is 19.2. The van der Waals surface area contributed by atoms with E-state index in [2.05, 4.69) is 37.6 Å². The van der Waals surface area contributed by atoms with Gasteiger partial charge in [0.25, 0.3) is 0 Å². The first-order valence-corrected chi connectivity index (χ1v) is 17.3. The van der Waals surface area contributed by atoms with Crippen LogP contribution in [0.2, 0.25) is 13.3 Å². The second kappa shape index (κ2) is 15.8. The first kappa shape index (κ1) is 23.3. The van der Waals surface area contributed by atoms with Gasteiger partial charge >= 0.3 is 150 Å². The van der Waals surface area contributed by atoms with Gasteiger partial charge in [-0.25, -0.2) is 0 Å². The maximum absolute atomic E-state index is 5.88. The van der Waals surface area contributed by atoms with Gasteiger partial charge in [-0.2, -0.15) is 0 Å². The molecular weight excluding hydrogens is 391 g/mol. The van der Waals surface area contributed by atoms with Crippen molar-refractivity contribution in [2.24, 2.45) is 0 Å². The number of hydrogen-bond acceptors (Lipinski definition) is 2. The average Bonchev–Trinajstić information content (AvgIpc) is 2.58. The van der Waals surface area contributed by atoms with Gasteiger partial charge in [0.05, 0.1) is 0 Å². The Labute approximate surface area is 150 Å². The fourth-order valence-electron chi connectivity index (χ4n) is 2.88. The van der Waals surface area contributed by atoms with Crippen molar-refractivity contribution in [3.8, 4) is 9.86 Å². The molecule has 2 nitrogen and oxygen atoms in total. The number of rotatable bonds is 14. The van der Waals surface area contributed by atoms with Crippen LogP contribution in [0.3, 0.4) is 0 Å². The normalized spacial score (nSPS) is 12.7. The summed E-state index contributed by atoms with van der Waals surface area (Å²) in [6.45, 7) is 10.4. The van der Waals surface area contributed by atoms with E-state index in [1.165, 1.54) is 51.8 Å². The summed E-state index contributed by atoms with van der Waals surface area (Å²) in [6.07, 6.45) is 9.12. The molecule has 0 rings (SSSR count). The Morgan fingerprint density at radius 2 is 1.35 bits per heavy atom. The SMILES string of the molecule is CCC[CH2][Sn]([C]#C[C@@H](CC)OCCOC)([CH2]CCC)[CH2]CCC. The average molecular weight is 431 g/mol. The quantitative estimate of drug-likeness (QED) is 0.196. The van der Waals surface area contributed by atoms with Gasteiger partial charge in [-0.3, -0.25) is 0 Å². The van der Waals surface area contributed by atoms with E-state index in [9.17, 15) is 0 Å². The molecule has 0 aromatic rings. The summed E-state index contributed by atoms with van der Waals surface area (Å²) in [5, 5.41) is 0. The molecule has 23 heavy (non-hydrogen) atoms. The van der Waals surface area contributed by atoms with E-state index in [-0.39, 0.29) is 6.10 Å². The van der Waals surface area contributed by atoms with Crippen LogP contribution in [0.4, 0.5) is 0 Å². The zero-order valence-electron chi connectivity index (χ0n) is 16.4. The van der Waals surface area contributed by atoms with E-state index >= 15 is 0 Å². The predicted molar refractivity (Wildman–Crippen MR) is 105 cm³/mol. The molecule has 0 unspecified atom stereocenters. The number of methoxy groups -OCH3 is 1. The second-order valence-electron chi connectivity index (χ2n) is 6.62. The number of unbranched alkanes of at least 4 members (excludes halogenated alkanes) is 3. The molecule has 0 aromatic carbocycles. The molecule has 0 saturated heterocycles. The van der Waals surface area contributed by atoms with Gasteiger partial charge in [-0.15, -0.1) is 0 Å². The molecule has 0 bridgehead atoms. The van der Waals surface area contributed by atoms with E-state index in [0.29, 0.717) is 13.2 Å². The Morgan fingerprint density at radius 3 is 1.74 bits per heavy atom. The Bertz CT molecular complexity index is 298. The molecule has 0 fully saturated rings. The zero-order valence-corrected chi connectivity index (χ0v) is 19.2. The van der Waals surface area contributed by atoms with Crippen molar-refractivity contribution >= 4 is 18.4 Å². The third-order valence-electron chi connectivity index (χ3n) is 4.50. The van der Waals surface area contributed by atoms with Crippen LogP contribution >= 0.6 is 0 Å². The Hall–Kier alpha value is 0.279. The van der Waals surface area contributed by atoms with E-state index in [1.54, 1.807) is 7.11 Å². The van der Waals surface area contributed by atoms with Crippen LogP contribution in [-0.2, 0) is 9.47 Å². The van der Waals surface area contributed by atoms with Gasteiger partial charge in [0.2, 0.25) is 0 Å². The molecule has 0 saturated carbocycles. The molecule has 136 valence electrons. The molecule has 0 aromatic heterocycles. The summed E-state index contributed by atoms with van der Waals surface area (Å²) in [4.78, 5) is 0. The summed E-state index contributed by atoms with van der Waals surface area (Å²) in [5.41, 5.74) is 0. The standard InChI is InChI=1S/C8H13O2.3C4H9.Sn/c1-4-8(5-2)10-7-6-9-3;3*1-3-4-2;/h8H,4,6-7H2,1,3H3;3*1,3-4H2,2H3;/t8-;;;;/m1..../s1. The van der Waals surface area contributed by atoms with E-state index in [0.717, 1.165) is 6.42 Å². The summed E-state index contributed by atoms with van der Waals surface area (Å²) in [7, 11) is 1.72. The maximum atomic E-state index is 5.88. The minimum absolute atomic E-state index is 0.103. The van der Waals surface area contributed by atoms with E-state index in [1.807, 2.05) is 0 Å². The first-order valence-electron chi connectivity index (χ1n) is 9.81. The van der Waals surface area contributed by atoms with E-state index < -0.39 is 18.4 Å². The number of hydrogen-bond donors (Lipinski definition) is 0. The zero-order chi connectivity index (χ0) is 17.4. The summed E-state index contributed by atoms with van der Waals surface area (Å²) in [6, 6.07) is 0. The number of ether oxygens (including phenoxy) is 2. The van der Waals surface area contributed by atoms with Crippen molar-refractivity contribution in [1.29, 1.82) is 0 Å². The Balaban J connectivity index is 5.00. The van der Waals surface area contributed by atoms with Crippen LogP contribution in [0.5, 0.6) is 0 Å². The monoisotopic (exact) mass is 432 g/mol. The van der Waals surface area contributed by atoms with Gasteiger partial charge in [0.15, 0.2) is 0 Å². The van der Waals surface area contributed by atoms with Gasteiger partial charge in [0, 0.05) is 0 Å². The molecule has 0 heterocycles. The molecule has 0 radical (unpaired) electrons. The van der Waals surface area contributed by atoms with Crippen molar-refractivity contribution in [3.63, 3.8) is 0 Å². The molecule has 3 heteroatoms. The molecule has 0 N–H and O–H groups in total. The topological polar surface area (TPSA) is 18.5 Å².